The van der Waals surface area contributed by atoms with Crippen molar-refractivity contribution in [3.8, 4) is 0 Å². The molecule has 3 heteroatoms. The highest BCUT2D eigenvalue weighted by molar-refractivity contribution is 9.10. The second kappa shape index (κ2) is 6.31. The lowest BCUT2D eigenvalue weighted by Gasteiger charge is -2.10. The molecule has 1 nitrogen and oxygen atoms in total. The highest BCUT2D eigenvalue weighted by Crippen LogP contribution is 2.23. The smallest absolute Gasteiger partial charge is 0.194 e. The van der Waals surface area contributed by atoms with E-state index in [1.807, 2.05) is 24.3 Å². The van der Waals surface area contributed by atoms with Gasteiger partial charge in [-0.1, -0.05) is 38.1 Å². The van der Waals surface area contributed by atoms with Crippen molar-refractivity contribution in [2.75, 3.05) is 0 Å². The summed E-state index contributed by atoms with van der Waals surface area (Å²) >= 11 is 3.23. The van der Waals surface area contributed by atoms with Gasteiger partial charge >= 0.3 is 0 Å². The number of halogens is 2. The van der Waals surface area contributed by atoms with Crippen molar-refractivity contribution in [2.45, 2.75) is 26.2 Å². The lowest BCUT2D eigenvalue weighted by Crippen LogP contribution is -2.03. The first-order valence-electron chi connectivity index (χ1n) is 6.62. The van der Waals surface area contributed by atoms with Gasteiger partial charge in [-0.3, -0.25) is 4.79 Å². The van der Waals surface area contributed by atoms with Crippen LogP contribution in [0.5, 0.6) is 0 Å². The number of hydrogen-bond acceptors (Lipinski definition) is 1. The summed E-state index contributed by atoms with van der Waals surface area (Å²) in [5.41, 5.74) is 2.31. The molecule has 0 saturated carbocycles. The molecule has 0 N–H and O–H groups in total. The molecule has 0 aliphatic carbocycles. The van der Waals surface area contributed by atoms with Gasteiger partial charge in [-0.25, -0.2) is 4.39 Å². The second-order valence-electron chi connectivity index (χ2n) is 4.88. The number of carbonyl (C=O) groups excluding carboxylic acids is 1. The summed E-state index contributed by atoms with van der Waals surface area (Å²) in [6.45, 7) is 4.30. The predicted molar refractivity (Wildman–Crippen MR) is 82.7 cm³/mol. The topological polar surface area (TPSA) is 17.1 Å². The Morgan fingerprint density at radius 1 is 1.20 bits per heavy atom. The predicted octanol–water partition coefficient (Wildman–Crippen LogP) is 5.33. The van der Waals surface area contributed by atoms with Crippen LogP contribution in [0.25, 0.3) is 0 Å². The zero-order valence-electron chi connectivity index (χ0n) is 11.5. The van der Waals surface area contributed by atoms with Crippen molar-refractivity contribution in [3.63, 3.8) is 0 Å². The van der Waals surface area contributed by atoms with Crippen LogP contribution in [0.1, 0.15) is 47.7 Å². The van der Waals surface area contributed by atoms with E-state index in [4.69, 9.17) is 0 Å². The van der Waals surface area contributed by atoms with Gasteiger partial charge in [0.15, 0.2) is 5.78 Å². The lowest BCUT2D eigenvalue weighted by atomic mass is 9.95. The van der Waals surface area contributed by atoms with E-state index in [2.05, 4.69) is 29.8 Å². The summed E-state index contributed by atoms with van der Waals surface area (Å²) in [6.07, 6.45) is 1.07. The normalized spacial score (nSPS) is 12.2. The Hall–Kier alpha value is -1.48. The molecule has 0 aliphatic heterocycles. The van der Waals surface area contributed by atoms with Gasteiger partial charge in [0.25, 0.3) is 0 Å². The van der Waals surface area contributed by atoms with Gasteiger partial charge in [-0.2, -0.15) is 0 Å². The highest BCUT2D eigenvalue weighted by Gasteiger charge is 2.13. The Kier molecular flexibility index (Phi) is 4.71. The van der Waals surface area contributed by atoms with Crippen LogP contribution < -0.4 is 0 Å². The monoisotopic (exact) mass is 334 g/mol. The molecule has 0 bridgehead atoms. The number of carbonyl (C=O) groups is 1. The van der Waals surface area contributed by atoms with Crippen LogP contribution in [0.2, 0.25) is 0 Å². The van der Waals surface area contributed by atoms with E-state index in [9.17, 15) is 9.18 Å². The fraction of sp³-hybridized carbons (Fsp3) is 0.235. The van der Waals surface area contributed by atoms with Crippen LogP contribution in [0, 0.1) is 5.82 Å². The molecule has 104 valence electrons. The van der Waals surface area contributed by atoms with Gasteiger partial charge in [0.2, 0.25) is 0 Å². The van der Waals surface area contributed by atoms with E-state index in [-0.39, 0.29) is 11.6 Å². The Morgan fingerprint density at radius 2 is 1.85 bits per heavy atom. The summed E-state index contributed by atoms with van der Waals surface area (Å²) < 4.78 is 13.5. The van der Waals surface area contributed by atoms with Crippen LogP contribution in [0.15, 0.2) is 46.9 Å². The molecule has 0 fully saturated rings. The van der Waals surface area contributed by atoms with Gasteiger partial charge in [-0.15, -0.1) is 0 Å². The molecule has 0 aromatic heterocycles. The Bertz CT molecular complexity index is 619. The fourth-order valence-corrected chi connectivity index (χ4v) is 2.56. The molecule has 1 atom stereocenters. The quantitative estimate of drug-likeness (QED) is 0.690. The molecule has 0 aliphatic rings. The largest absolute Gasteiger partial charge is 0.289 e. The van der Waals surface area contributed by atoms with Gasteiger partial charge < -0.3 is 0 Å². The molecule has 1 unspecified atom stereocenters. The van der Waals surface area contributed by atoms with E-state index in [1.54, 1.807) is 0 Å². The van der Waals surface area contributed by atoms with E-state index in [1.165, 1.54) is 23.8 Å². The average Bonchev–Trinajstić information content (AvgIpc) is 2.46. The lowest BCUT2D eigenvalue weighted by molar-refractivity contribution is 0.103. The first kappa shape index (κ1) is 14.9. The van der Waals surface area contributed by atoms with Crippen LogP contribution in [0.4, 0.5) is 4.39 Å². The van der Waals surface area contributed by atoms with E-state index in [0.29, 0.717) is 21.5 Å². The third kappa shape index (κ3) is 3.15. The number of hydrogen-bond donors (Lipinski definition) is 0. The number of ketones is 1. The molecular formula is C17H16BrFO. The summed E-state index contributed by atoms with van der Waals surface area (Å²) in [4.78, 5) is 12.4. The maximum Gasteiger partial charge on any atom is 0.194 e. The van der Waals surface area contributed by atoms with Crippen LogP contribution in [0.3, 0.4) is 0 Å². The molecule has 0 spiro atoms. The fourth-order valence-electron chi connectivity index (χ4n) is 2.03. The molecule has 20 heavy (non-hydrogen) atoms. The van der Waals surface area contributed by atoms with E-state index < -0.39 is 0 Å². The minimum Gasteiger partial charge on any atom is -0.289 e. The van der Waals surface area contributed by atoms with Crippen molar-refractivity contribution in [2.24, 2.45) is 0 Å². The molecule has 2 rings (SSSR count). The van der Waals surface area contributed by atoms with E-state index in [0.717, 1.165) is 6.42 Å². The van der Waals surface area contributed by atoms with Crippen molar-refractivity contribution < 1.29 is 9.18 Å². The summed E-state index contributed by atoms with van der Waals surface area (Å²) in [5.74, 6) is 0.0184. The van der Waals surface area contributed by atoms with Crippen LogP contribution in [-0.2, 0) is 0 Å². The first-order chi connectivity index (χ1) is 9.52. The Morgan fingerprint density at radius 3 is 2.40 bits per heavy atom. The minimum atomic E-state index is -0.361. The third-order valence-corrected chi connectivity index (χ3v) is 4.19. The van der Waals surface area contributed by atoms with Crippen molar-refractivity contribution in [1.29, 1.82) is 0 Å². The van der Waals surface area contributed by atoms with E-state index >= 15 is 0 Å². The second-order valence-corrected chi connectivity index (χ2v) is 5.74. The molecule has 0 amide bonds. The molecule has 2 aromatic rings. The van der Waals surface area contributed by atoms with Gasteiger partial charge in [0.05, 0.1) is 0 Å². The number of rotatable bonds is 4. The standard InChI is InChI=1S/C17H16BrFO/c1-3-11(2)12-4-6-13(7-5-12)17(20)15-9-8-14(19)10-16(15)18/h4-11H,3H2,1-2H3. The molecule has 2 aromatic carbocycles. The van der Waals surface area contributed by atoms with Crippen molar-refractivity contribution in [1.82, 2.24) is 0 Å². The maximum atomic E-state index is 13.1. The Labute approximate surface area is 127 Å². The SMILES string of the molecule is CCC(C)c1ccc(C(=O)c2ccc(F)cc2Br)cc1. The van der Waals surface area contributed by atoms with Gasteiger partial charge in [0.1, 0.15) is 5.82 Å². The molecular weight excluding hydrogens is 319 g/mol. The Balaban J connectivity index is 2.29. The zero-order valence-corrected chi connectivity index (χ0v) is 13.1. The molecule has 0 heterocycles. The third-order valence-electron chi connectivity index (χ3n) is 3.53. The number of benzene rings is 2. The first-order valence-corrected chi connectivity index (χ1v) is 7.42. The van der Waals surface area contributed by atoms with Gasteiger partial charge in [0, 0.05) is 15.6 Å². The summed E-state index contributed by atoms with van der Waals surface area (Å²) in [7, 11) is 0. The average molecular weight is 335 g/mol. The molecule has 0 radical (unpaired) electrons. The van der Waals surface area contributed by atoms with Crippen LogP contribution >= 0.6 is 15.9 Å². The summed E-state index contributed by atoms with van der Waals surface area (Å²) in [5, 5.41) is 0. The minimum absolute atomic E-state index is 0.104. The van der Waals surface area contributed by atoms with Crippen LogP contribution in [-0.4, -0.2) is 5.78 Å². The van der Waals surface area contributed by atoms with Gasteiger partial charge in [-0.05, 0) is 52.0 Å². The summed E-state index contributed by atoms with van der Waals surface area (Å²) in [6, 6.07) is 11.7. The molecule has 0 saturated heterocycles. The van der Waals surface area contributed by atoms with Crippen molar-refractivity contribution >= 4 is 21.7 Å². The maximum absolute atomic E-state index is 13.1. The highest BCUT2D eigenvalue weighted by atomic mass is 79.9. The zero-order chi connectivity index (χ0) is 14.7. The van der Waals surface area contributed by atoms with Crippen molar-refractivity contribution in [3.05, 3.63) is 69.4 Å².